The number of hydrogen-bond donors (Lipinski definition) is 1. The van der Waals surface area contributed by atoms with Crippen molar-refractivity contribution < 1.29 is 31.5 Å². The Morgan fingerprint density at radius 2 is 1.67 bits per heavy atom. The fraction of sp³-hybridized carbons (Fsp3) is 0.217. The van der Waals surface area contributed by atoms with Gasteiger partial charge in [0, 0.05) is 24.1 Å². The van der Waals surface area contributed by atoms with Crippen LogP contribution in [-0.2, 0) is 12.0 Å². The van der Waals surface area contributed by atoms with E-state index < -0.39 is 5.97 Å². The Morgan fingerprint density at radius 1 is 1.00 bits per heavy atom. The van der Waals surface area contributed by atoms with Crippen molar-refractivity contribution in [2.75, 3.05) is 0 Å². The summed E-state index contributed by atoms with van der Waals surface area (Å²) >= 11 is 0. The fourth-order valence-electron chi connectivity index (χ4n) is 3.98. The van der Waals surface area contributed by atoms with E-state index in [1.54, 1.807) is 12.1 Å². The molecule has 0 fully saturated rings. The molecule has 0 amide bonds. The third kappa shape index (κ3) is 3.08. The molecule has 0 spiro atoms. The van der Waals surface area contributed by atoms with Gasteiger partial charge in [0.1, 0.15) is 0 Å². The average Bonchev–Trinajstić information content (AvgIpc) is 2.83. The lowest BCUT2D eigenvalue weighted by atomic mass is 9.80. The van der Waals surface area contributed by atoms with Crippen molar-refractivity contribution >= 4 is 28.1 Å². The third-order valence-corrected chi connectivity index (χ3v) is 5.67. The van der Waals surface area contributed by atoms with Crippen molar-refractivity contribution in [3.8, 4) is 0 Å². The maximum Gasteiger partial charge on any atom is 0.335 e. The van der Waals surface area contributed by atoms with Gasteiger partial charge in [0.2, 0.25) is 5.69 Å². The zero-order valence-electron chi connectivity index (χ0n) is 15.7. The van der Waals surface area contributed by atoms with Crippen molar-refractivity contribution in [2.45, 2.75) is 32.7 Å². The van der Waals surface area contributed by atoms with Gasteiger partial charge in [-0.15, -0.1) is 0 Å². The minimum Gasteiger partial charge on any atom is -1.00 e. The van der Waals surface area contributed by atoms with E-state index in [1.807, 2.05) is 12.1 Å². The first-order chi connectivity index (χ1) is 12.4. The van der Waals surface area contributed by atoms with Crippen LogP contribution in [0, 0.1) is 0 Å². The zero-order chi connectivity index (χ0) is 18.5. The minimum atomic E-state index is -0.890. The molecule has 1 heterocycles. The number of carboxylic acid groups (broad SMARTS) is 1. The normalized spacial score (nSPS) is 14.8. The molecule has 27 heavy (non-hydrogen) atoms. The molecule has 3 aromatic rings. The Kier molecular flexibility index (Phi) is 4.96. The van der Waals surface area contributed by atoms with Crippen molar-refractivity contribution in [1.29, 1.82) is 0 Å². The highest BCUT2D eigenvalue weighted by atomic mass is 79.9. The largest absolute Gasteiger partial charge is 1.00 e. The lowest BCUT2D eigenvalue weighted by molar-refractivity contribution is -0.456. The summed E-state index contributed by atoms with van der Waals surface area (Å²) in [5.74, 6) is -0.890. The highest BCUT2D eigenvalue weighted by molar-refractivity contribution is 6.01. The second kappa shape index (κ2) is 6.93. The standard InChI is InChI=1S/C23H21NO2.BrH/c1-15-23(2,3)21-19-7-5-4-6-17(19)12-13-20(21)24(15)14-16-8-10-18(11-9-16)22(25)26;/h4-13H,14H2,1-3H3;1H. The van der Waals surface area contributed by atoms with Crippen LogP contribution in [0.25, 0.3) is 10.8 Å². The number of rotatable bonds is 3. The summed E-state index contributed by atoms with van der Waals surface area (Å²) < 4.78 is 2.36. The van der Waals surface area contributed by atoms with Gasteiger partial charge in [-0.2, -0.15) is 4.58 Å². The van der Waals surface area contributed by atoms with Gasteiger partial charge in [-0.1, -0.05) is 36.4 Å². The molecule has 0 radical (unpaired) electrons. The summed E-state index contributed by atoms with van der Waals surface area (Å²) in [5.41, 5.74) is 5.31. The molecule has 1 aliphatic rings. The number of carbonyl (C=O) groups is 1. The Labute approximate surface area is 169 Å². The van der Waals surface area contributed by atoms with Crippen LogP contribution in [0.4, 0.5) is 5.69 Å². The summed E-state index contributed by atoms with van der Waals surface area (Å²) in [5, 5.41) is 11.7. The maximum absolute atomic E-state index is 11.1. The zero-order valence-corrected chi connectivity index (χ0v) is 17.2. The molecular weight excluding hydrogens is 402 g/mol. The van der Waals surface area contributed by atoms with Gasteiger partial charge >= 0.3 is 5.97 Å². The smallest absolute Gasteiger partial charge is 0.335 e. The molecule has 0 aromatic heterocycles. The SMILES string of the molecule is CC1=[N+](Cc2ccc(C(=O)O)cc2)c2ccc3ccccc3c2C1(C)C.[Br-]. The summed E-state index contributed by atoms with van der Waals surface area (Å²) in [4.78, 5) is 11.1. The number of halogens is 1. The first kappa shape index (κ1) is 19.3. The van der Waals surface area contributed by atoms with E-state index in [0.717, 1.165) is 12.1 Å². The Bertz CT molecular complexity index is 1070. The van der Waals surface area contributed by atoms with E-state index in [-0.39, 0.29) is 22.4 Å². The molecule has 4 heteroatoms. The number of fused-ring (bicyclic) bond motifs is 3. The predicted molar refractivity (Wildman–Crippen MR) is 105 cm³/mol. The summed E-state index contributed by atoms with van der Waals surface area (Å²) in [7, 11) is 0. The number of carboxylic acids is 1. The second-order valence-corrected chi connectivity index (χ2v) is 7.48. The van der Waals surface area contributed by atoms with Crippen molar-refractivity contribution in [2.24, 2.45) is 0 Å². The summed E-state index contributed by atoms with van der Waals surface area (Å²) in [6.07, 6.45) is 0. The van der Waals surface area contributed by atoms with Crippen LogP contribution in [0.5, 0.6) is 0 Å². The molecule has 138 valence electrons. The van der Waals surface area contributed by atoms with Gasteiger partial charge in [-0.3, -0.25) is 0 Å². The van der Waals surface area contributed by atoms with Gasteiger partial charge in [-0.25, -0.2) is 4.79 Å². The predicted octanol–water partition coefficient (Wildman–Crippen LogP) is 2.14. The first-order valence-corrected chi connectivity index (χ1v) is 8.85. The highest BCUT2D eigenvalue weighted by Gasteiger charge is 2.44. The van der Waals surface area contributed by atoms with Gasteiger partial charge < -0.3 is 22.1 Å². The summed E-state index contributed by atoms with van der Waals surface area (Å²) in [6, 6.07) is 20.1. The molecule has 4 rings (SSSR count). The maximum atomic E-state index is 11.1. The van der Waals surface area contributed by atoms with Gasteiger partial charge in [-0.05, 0) is 42.8 Å². The molecule has 3 aromatic carbocycles. The van der Waals surface area contributed by atoms with Crippen LogP contribution in [0.2, 0.25) is 0 Å². The molecule has 1 aliphatic heterocycles. The second-order valence-electron chi connectivity index (χ2n) is 7.48. The van der Waals surface area contributed by atoms with Crippen LogP contribution in [0.15, 0.2) is 60.7 Å². The molecule has 0 saturated carbocycles. The van der Waals surface area contributed by atoms with E-state index in [4.69, 9.17) is 5.11 Å². The summed E-state index contributed by atoms with van der Waals surface area (Å²) in [6.45, 7) is 7.49. The van der Waals surface area contributed by atoms with Crippen LogP contribution < -0.4 is 17.0 Å². The van der Waals surface area contributed by atoms with Crippen LogP contribution in [-0.4, -0.2) is 21.4 Å². The Hall–Kier alpha value is -2.46. The van der Waals surface area contributed by atoms with E-state index in [2.05, 4.69) is 61.7 Å². The fourth-order valence-corrected chi connectivity index (χ4v) is 3.98. The van der Waals surface area contributed by atoms with Gasteiger partial charge in [0.05, 0.1) is 11.0 Å². The number of nitrogens with zero attached hydrogens (tertiary/aromatic N) is 1. The number of aromatic carboxylic acids is 1. The number of hydrogen-bond acceptors (Lipinski definition) is 1. The van der Waals surface area contributed by atoms with Crippen molar-refractivity contribution in [3.63, 3.8) is 0 Å². The minimum absolute atomic E-state index is 0. The molecule has 0 bridgehead atoms. The first-order valence-electron chi connectivity index (χ1n) is 8.85. The molecule has 0 unspecified atom stereocenters. The van der Waals surface area contributed by atoms with Crippen LogP contribution >= 0.6 is 0 Å². The van der Waals surface area contributed by atoms with E-state index >= 15 is 0 Å². The van der Waals surface area contributed by atoms with Crippen LogP contribution in [0.3, 0.4) is 0 Å². The van der Waals surface area contributed by atoms with E-state index in [0.29, 0.717) is 5.56 Å². The van der Waals surface area contributed by atoms with Gasteiger partial charge in [0.15, 0.2) is 12.3 Å². The lowest BCUT2D eigenvalue weighted by Gasteiger charge is -2.17. The highest BCUT2D eigenvalue weighted by Crippen LogP contribution is 2.44. The average molecular weight is 424 g/mol. The van der Waals surface area contributed by atoms with E-state index in [1.165, 1.54) is 27.7 Å². The third-order valence-electron chi connectivity index (χ3n) is 5.67. The molecule has 0 aliphatic carbocycles. The van der Waals surface area contributed by atoms with Gasteiger partial charge in [0.25, 0.3) is 0 Å². The molecule has 0 saturated heterocycles. The lowest BCUT2D eigenvalue weighted by Crippen LogP contribution is -3.00. The molecular formula is C23H22BrNO2. The van der Waals surface area contributed by atoms with Crippen molar-refractivity contribution in [3.05, 3.63) is 77.4 Å². The molecule has 3 nitrogen and oxygen atoms in total. The topological polar surface area (TPSA) is 40.3 Å². The molecule has 1 N–H and O–H groups in total. The number of benzene rings is 3. The monoisotopic (exact) mass is 423 g/mol. The van der Waals surface area contributed by atoms with Crippen molar-refractivity contribution in [1.82, 2.24) is 0 Å². The quantitative estimate of drug-likeness (QED) is 0.655. The van der Waals surface area contributed by atoms with Crippen LogP contribution in [0.1, 0.15) is 42.3 Å². The van der Waals surface area contributed by atoms with E-state index in [9.17, 15) is 4.79 Å². The Balaban J connectivity index is 0.00000210. The molecule has 0 atom stereocenters. The Morgan fingerprint density at radius 3 is 2.33 bits per heavy atom.